The number of hydrogen-bond donors (Lipinski definition) is 1. The van der Waals surface area contributed by atoms with Gasteiger partial charge in [-0.2, -0.15) is 0 Å². The van der Waals surface area contributed by atoms with Gasteiger partial charge in [-0.3, -0.25) is 0 Å². The lowest BCUT2D eigenvalue weighted by molar-refractivity contribution is 0.598. The minimum atomic E-state index is 0.00304. The molecule has 2 rings (SSSR count). The third-order valence-electron chi connectivity index (χ3n) is 3.15. The Hall–Kier alpha value is -0.250. The molecule has 2 aromatic rings. The SMILES string of the molecule is CCCNC(c1ccc(Cl)c(Br)c1)c1ccc(Cl)cc1Cl. The van der Waals surface area contributed by atoms with Gasteiger partial charge in [0.2, 0.25) is 0 Å². The zero-order valence-corrected chi connectivity index (χ0v) is 15.3. The van der Waals surface area contributed by atoms with Gasteiger partial charge in [-0.15, -0.1) is 0 Å². The molecule has 0 saturated heterocycles. The van der Waals surface area contributed by atoms with Crippen molar-refractivity contribution in [2.45, 2.75) is 19.4 Å². The highest BCUT2D eigenvalue weighted by molar-refractivity contribution is 9.10. The molecule has 1 N–H and O–H groups in total. The maximum absolute atomic E-state index is 6.36. The first kappa shape index (κ1) is 17.1. The second-order valence-corrected chi connectivity index (χ2v) is 6.83. The maximum Gasteiger partial charge on any atom is 0.0591 e. The van der Waals surface area contributed by atoms with Gasteiger partial charge in [-0.25, -0.2) is 0 Å². The molecule has 5 heteroatoms. The fraction of sp³-hybridized carbons (Fsp3) is 0.250. The van der Waals surface area contributed by atoms with Gasteiger partial charge in [-0.05, 0) is 64.3 Å². The number of nitrogens with one attached hydrogen (secondary N) is 1. The summed E-state index contributed by atoms with van der Waals surface area (Å²) in [5.74, 6) is 0. The average Bonchev–Trinajstić information content (AvgIpc) is 2.44. The first-order valence-electron chi connectivity index (χ1n) is 6.66. The van der Waals surface area contributed by atoms with Crippen molar-refractivity contribution in [3.8, 4) is 0 Å². The lowest BCUT2D eigenvalue weighted by Crippen LogP contribution is -2.23. The summed E-state index contributed by atoms with van der Waals surface area (Å²) >= 11 is 21.9. The molecule has 112 valence electrons. The van der Waals surface area contributed by atoms with Crippen molar-refractivity contribution in [2.24, 2.45) is 0 Å². The summed E-state index contributed by atoms with van der Waals surface area (Å²) in [4.78, 5) is 0. The fourth-order valence-corrected chi connectivity index (χ4v) is 3.16. The molecule has 0 radical (unpaired) electrons. The first-order chi connectivity index (χ1) is 10.0. The Bertz CT molecular complexity index is 631. The Kier molecular flexibility index (Phi) is 6.39. The van der Waals surface area contributed by atoms with Crippen LogP contribution in [0.25, 0.3) is 0 Å². The van der Waals surface area contributed by atoms with Crippen LogP contribution in [0.1, 0.15) is 30.5 Å². The molecule has 0 heterocycles. The molecule has 0 aliphatic carbocycles. The highest BCUT2D eigenvalue weighted by Gasteiger charge is 2.17. The van der Waals surface area contributed by atoms with Gasteiger partial charge in [0.05, 0.1) is 11.1 Å². The van der Waals surface area contributed by atoms with Crippen LogP contribution >= 0.6 is 50.7 Å². The van der Waals surface area contributed by atoms with Gasteiger partial charge < -0.3 is 5.32 Å². The van der Waals surface area contributed by atoms with E-state index in [4.69, 9.17) is 34.8 Å². The quantitative estimate of drug-likeness (QED) is 0.597. The van der Waals surface area contributed by atoms with E-state index in [1.54, 1.807) is 6.07 Å². The molecular formula is C16H15BrCl3N. The summed E-state index contributed by atoms with van der Waals surface area (Å²) in [6.45, 7) is 3.02. The molecule has 0 bridgehead atoms. The average molecular weight is 408 g/mol. The van der Waals surface area contributed by atoms with Crippen molar-refractivity contribution in [1.29, 1.82) is 0 Å². The topological polar surface area (TPSA) is 12.0 Å². The van der Waals surface area contributed by atoms with Gasteiger partial charge in [0.25, 0.3) is 0 Å². The Morgan fingerprint density at radius 3 is 2.43 bits per heavy atom. The molecule has 0 aliphatic rings. The summed E-state index contributed by atoms with van der Waals surface area (Å²) < 4.78 is 0.870. The minimum Gasteiger partial charge on any atom is -0.306 e. The van der Waals surface area contributed by atoms with E-state index < -0.39 is 0 Å². The van der Waals surface area contributed by atoms with Crippen LogP contribution < -0.4 is 5.32 Å². The third-order valence-corrected chi connectivity index (χ3v) is 4.93. The van der Waals surface area contributed by atoms with Crippen molar-refractivity contribution in [3.63, 3.8) is 0 Å². The van der Waals surface area contributed by atoms with E-state index in [1.165, 1.54) is 0 Å². The van der Waals surface area contributed by atoms with Gasteiger partial charge in [0.15, 0.2) is 0 Å². The summed E-state index contributed by atoms with van der Waals surface area (Å²) in [5, 5.41) is 5.50. The largest absolute Gasteiger partial charge is 0.306 e. The van der Waals surface area contributed by atoms with Crippen molar-refractivity contribution in [3.05, 3.63) is 67.1 Å². The smallest absolute Gasteiger partial charge is 0.0591 e. The van der Waals surface area contributed by atoms with E-state index in [1.807, 2.05) is 30.3 Å². The van der Waals surface area contributed by atoms with E-state index in [0.717, 1.165) is 28.6 Å². The minimum absolute atomic E-state index is 0.00304. The second-order valence-electron chi connectivity index (χ2n) is 4.73. The zero-order valence-electron chi connectivity index (χ0n) is 11.5. The van der Waals surface area contributed by atoms with Gasteiger partial charge in [0.1, 0.15) is 0 Å². The van der Waals surface area contributed by atoms with E-state index >= 15 is 0 Å². The predicted molar refractivity (Wildman–Crippen MR) is 95.8 cm³/mol. The molecule has 1 atom stereocenters. The lowest BCUT2D eigenvalue weighted by Gasteiger charge is -2.21. The maximum atomic E-state index is 6.36. The standard InChI is InChI=1S/C16H15BrCl3N/c1-2-7-21-16(10-3-6-14(19)13(17)8-10)12-5-4-11(18)9-15(12)20/h3-6,8-9,16,21H,2,7H2,1H3. The van der Waals surface area contributed by atoms with Gasteiger partial charge in [-0.1, -0.05) is 53.9 Å². The summed E-state index contributed by atoms with van der Waals surface area (Å²) in [6.07, 6.45) is 1.04. The molecule has 1 unspecified atom stereocenters. The normalized spacial score (nSPS) is 12.4. The van der Waals surface area contributed by atoms with Crippen LogP contribution in [0.4, 0.5) is 0 Å². The second kappa shape index (κ2) is 7.85. The van der Waals surface area contributed by atoms with Crippen molar-refractivity contribution < 1.29 is 0 Å². The van der Waals surface area contributed by atoms with Crippen LogP contribution in [-0.4, -0.2) is 6.54 Å². The molecule has 0 spiro atoms. The Labute approximate surface area is 148 Å². The van der Waals surface area contributed by atoms with E-state index in [0.29, 0.717) is 15.1 Å². The van der Waals surface area contributed by atoms with Gasteiger partial charge >= 0.3 is 0 Å². The van der Waals surface area contributed by atoms with Crippen molar-refractivity contribution >= 4 is 50.7 Å². The van der Waals surface area contributed by atoms with Crippen LogP contribution in [0.2, 0.25) is 15.1 Å². The Morgan fingerprint density at radius 2 is 1.81 bits per heavy atom. The Morgan fingerprint density at radius 1 is 1.05 bits per heavy atom. The molecule has 0 amide bonds. The number of hydrogen-bond acceptors (Lipinski definition) is 1. The third kappa shape index (κ3) is 4.37. The number of halogens is 4. The monoisotopic (exact) mass is 405 g/mol. The van der Waals surface area contributed by atoms with Crippen molar-refractivity contribution in [1.82, 2.24) is 5.32 Å². The zero-order chi connectivity index (χ0) is 15.4. The highest BCUT2D eigenvalue weighted by atomic mass is 79.9. The molecule has 0 aromatic heterocycles. The summed E-state index contributed by atoms with van der Waals surface area (Å²) in [5.41, 5.74) is 2.10. The summed E-state index contributed by atoms with van der Waals surface area (Å²) in [7, 11) is 0. The molecule has 0 fully saturated rings. The molecule has 1 nitrogen and oxygen atoms in total. The molecule has 2 aromatic carbocycles. The molecule has 0 saturated carbocycles. The summed E-state index contributed by atoms with van der Waals surface area (Å²) in [6, 6.07) is 11.5. The molecule has 21 heavy (non-hydrogen) atoms. The van der Waals surface area contributed by atoms with E-state index in [2.05, 4.69) is 28.2 Å². The molecular weight excluding hydrogens is 392 g/mol. The fourth-order valence-electron chi connectivity index (χ4n) is 2.12. The van der Waals surface area contributed by atoms with Crippen LogP contribution in [0.3, 0.4) is 0 Å². The van der Waals surface area contributed by atoms with Crippen LogP contribution in [-0.2, 0) is 0 Å². The highest BCUT2D eigenvalue weighted by Crippen LogP contribution is 2.33. The predicted octanol–water partition coefficient (Wildman–Crippen LogP) is 6.50. The molecule has 0 aliphatic heterocycles. The lowest BCUT2D eigenvalue weighted by atomic mass is 9.98. The van der Waals surface area contributed by atoms with Gasteiger partial charge in [0, 0.05) is 14.5 Å². The van der Waals surface area contributed by atoms with Crippen LogP contribution in [0.15, 0.2) is 40.9 Å². The number of rotatable bonds is 5. The van der Waals surface area contributed by atoms with Crippen LogP contribution in [0, 0.1) is 0 Å². The number of benzene rings is 2. The Balaban J connectivity index is 2.44. The van der Waals surface area contributed by atoms with Crippen LogP contribution in [0.5, 0.6) is 0 Å². The van der Waals surface area contributed by atoms with E-state index in [-0.39, 0.29) is 6.04 Å². The first-order valence-corrected chi connectivity index (χ1v) is 8.59. The van der Waals surface area contributed by atoms with Crippen molar-refractivity contribution in [2.75, 3.05) is 6.54 Å². The van der Waals surface area contributed by atoms with E-state index in [9.17, 15) is 0 Å².